The molecule has 0 spiro atoms. The summed E-state index contributed by atoms with van der Waals surface area (Å²) in [5.74, 6) is 0.292. The lowest BCUT2D eigenvalue weighted by atomic mass is 10.2. The Balaban J connectivity index is 3.43. The van der Waals surface area contributed by atoms with Crippen LogP contribution in [-0.2, 0) is 0 Å². The van der Waals surface area contributed by atoms with Gasteiger partial charge in [0.2, 0.25) is 0 Å². The second kappa shape index (κ2) is 2.94. The number of aryl methyl sites for hydroxylation is 1. The minimum Gasteiger partial charge on any atom is -0.385 e. The van der Waals surface area contributed by atoms with E-state index in [0.29, 0.717) is 16.0 Å². The largest absolute Gasteiger partial charge is 0.385 e. The average Bonchev–Trinajstić information content (AvgIpc) is 1.96. The number of nitrogens with two attached hydrogens (primary N) is 2. The van der Waals surface area contributed by atoms with Gasteiger partial charge in [-0.15, -0.1) is 0 Å². The topological polar surface area (TPSA) is 91.7 Å². The Morgan fingerprint density at radius 1 is 1.67 bits per heavy atom. The van der Waals surface area contributed by atoms with E-state index in [9.17, 15) is 0 Å². The zero-order chi connectivity index (χ0) is 9.30. The SMILES string of the molecule is Cc1cc(C(=N)N)c(N)[nH]c1=S. The normalized spacial score (nSPS) is 9.75. The van der Waals surface area contributed by atoms with E-state index < -0.39 is 0 Å². The molecule has 5 heteroatoms. The molecule has 0 unspecified atom stereocenters. The number of H-pyrrole nitrogens is 1. The highest BCUT2D eigenvalue weighted by molar-refractivity contribution is 7.71. The summed E-state index contributed by atoms with van der Waals surface area (Å²) in [7, 11) is 0. The molecule has 0 bridgehead atoms. The maximum absolute atomic E-state index is 7.19. The predicted molar refractivity (Wildman–Crippen MR) is 51.8 cm³/mol. The molecule has 0 radical (unpaired) electrons. The molecule has 1 heterocycles. The third kappa shape index (κ3) is 1.45. The van der Waals surface area contributed by atoms with Crippen LogP contribution < -0.4 is 11.5 Å². The molecule has 0 fully saturated rings. The first kappa shape index (κ1) is 8.73. The Hall–Kier alpha value is -1.36. The highest BCUT2D eigenvalue weighted by atomic mass is 32.1. The molecule has 1 aromatic rings. The summed E-state index contributed by atoms with van der Waals surface area (Å²) in [4.78, 5) is 2.76. The zero-order valence-corrected chi connectivity index (χ0v) is 7.46. The third-order valence-corrected chi connectivity index (χ3v) is 1.97. The van der Waals surface area contributed by atoms with Gasteiger partial charge in [0.25, 0.3) is 0 Å². The average molecular weight is 182 g/mol. The van der Waals surface area contributed by atoms with E-state index in [1.54, 1.807) is 6.07 Å². The third-order valence-electron chi connectivity index (χ3n) is 1.55. The number of hydrogen-bond donors (Lipinski definition) is 4. The minimum atomic E-state index is -0.0538. The van der Waals surface area contributed by atoms with Gasteiger partial charge in [-0.2, -0.15) is 0 Å². The summed E-state index contributed by atoms with van der Waals surface area (Å²) in [6.45, 7) is 1.84. The van der Waals surface area contributed by atoms with Gasteiger partial charge >= 0.3 is 0 Å². The first-order valence-electron chi connectivity index (χ1n) is 3.36. The van der Waals surface area contributed by atoms with Crippen molar-refractivity contribution in [2.75, 3.05) is 5.73 Å². The van der Waals surface area contributed by atoms with E-state index in [1.165, 1.54) is 0 Å². The maximum atomic E-state index is 7.19. The van der Waals surface area contributed by atoms with Gasteiger partial charge in [-0.05, 0) is 18.6 Å². The number of nitrogen functional groups attached to an aromatic ring is 2. The second-order valence-electron chi connectivity index (χ2n) is 2.52. The number of anilines is 1. The van der Waals surface area contributed by atoms with E-state index in [-0.39, 0.29) is 5.84 Å². The van der Waals surface area contributed by atoms with Crippen molar-refractivity contribution < 1.29 is 0 Å². The Morgan fingerprint density at radius 3 is 2.75 bits per heavy atom. The van der Waals surface area contributed by atoms with E-state index in [1.807, 2.05) is 6.92 Å². The number of nitrogens with one attached hydrogen (secondary N) is 2. The molecule has 0 aliphatic rings. The van der Waals surface area contributed by atoms with Crippen LogP contribution in [0.2, 0.25) is 0 Å². The van der Waals surface area contributed by atoms with E-state index >= 15 is 0 Å². The van der Waals surface area contributed by atoms with Gasteiger partial charge in [0, 0.05) is 0 Å². The first-order valence-corrected chi connectivity index (χ1v) is 3.77. The minimum absolute atomic E-state index is 0.0538. The lowest BCUT2D eigenvalue weighted by molar-refractivity contribution is 1.23. The Bertz CT molecular complexity index is 379. The van der Waals surface area contributed by atoms with Gasteiger partial charge in [-0.3, -0.25) is 5.41 Å². The smallest absolute Gasteiger partial charge is 0.126 e. The highest BCUT2D eigenvalue weighted by Crippen LogP contribution is 2.10. The van der Waals surface area contributed by atoms with Crippen molar-refractivity contribution in [2.45, 2.75) is 6.92 Å². The summed E-state index contributed by atoms with van der Waals surface area (Å²) in [6, 6.07) is 1.70. The van der Waals surface area contributed by atoms with Crippen molar-refractivity contribution in [3.8, 4) is 0 Å². The van der Waals surface area contributed by atoms with E-state index in [0.717, 1.165) is 5.56 Å². The van der Waals surface area contributed by atoms with Crippen LogP contribution in [0.25, 0.3) is 0 Å². The summed E-state index contributed by atoms with van der Waals surface area (Å²) in [5.41, 5.74) is 12.2. The molecule has 64 valence electrons. The molecule has 1 aromatic heterocycles. The molecule has 0 aliphatic heterocycles. The van der Waals surface area contributed by atoms with Crippen LogP contribution in [0.1, 0.15) is 11.1 Å². The summed E-state index contributed by atoms with van der Waals surface area (Å²) < 4.78 is 0.581. The van der Waals surface area contributed by atoms with Gasteiger partial charge in [0.05, 0.1) is 5.56 Å². The van der Waals surface area contributed by atoms with Crippen molar-refractivity contribution in [3.63, 3.8) is 0 Å². The number of pyridine rings is 1. The van der Waals surface area contributed by atoms with Crippen molar-refractivity contribution in [3.05, 3.63) is 21.8 Å². The van der Waals surface area contributed by atoms with Gasteiger partial charge in [-0.25, -0.2) is 0 Å². The molecule has 0 saturated carbocycles. The molecule has 6 N–H and O–H groups in total. The molecule has 0 aromatic carbocycles. The second-order valence-corrected chi connectivity index (χ2v) is 2.93. The fourth-order valence-corrected chi connectivity index (χ4v) is 1.04. The monoisotopic (exact) mass is 182 g/mol. The summed E-state index contributed by atoms with van der Waals surface area (Å²) in [5, 5.41) is 7.19. The van der Waals surface area contributed by atoms with Crippen molar-refractivity contribution in [2.24, 2.45) is 5.73 Å². The van der Waals surface area contributed by atoms with Crippen molar-refractivity contribution >= 4 is 23.9 Å². The van der Waals surface area contributed by atoms with Gasteiger partial charge in [0.15, 0.2) is 0 Å². The number of amidine groups is 1. The Morgan fingerprint density at radius 2 is 2.25 bits per heavy atom. The quantitative estimate of drug-likeness (QED) is 0.295. The summed E-state index contributed by atoms with van der Waals surface area (Å²) in [6.07, 6.45) is 0. The fourth-order valence-electron chi connectivity index (χ4n) is 0.871. The van der Waals surface area contributed by atoms with E-state index in [4.69, 9.17) is 29.1 Å². The fraction of sp³-hybridized carbons (Fsp3) is 0.143. The standard InChI is InChI=1S/C7H10N4S/c1-3-2-4(5(8)9)6(10)11-7(3)12/h2H,1H3,(H3,8,9)(H3,10,11,12). The molecule has 0 saturated heterocycles. The zero-order valence-electron chi connectivity index (χ0n) is 6.64. The maximum Gasteiger partial charge on any atom is 0.126 e. The molecule has 0 aliphatic carbocycles. The van der Waals surface area contributed by atoms with Crippen molar-refractivity contribution in [1.82, 2.24) is 4.98 Å². The van der Waals surface area contributed by atoms with E-state index in [2.05, 4.69) is 4.98 Å². The van der Waals surface area contributed by atoms with Gasteiger partial charge < -0.3 is 16.5 Å². The predicted octanol–water partition coefficient (Wildman–Crippen LogP) is 0.919. The van der Waals surface area contributed by atoms with Gasteiger partial charge in [-0.1, -0.05) is 12.2 Å². The van der Waals surface area contributed by atoms with Crippen LogP contribution in [0.15, 0.2) is 6.07 Å². The van der Waals surface area contributed by atoms with Crippen molar-refractivity contribution in [1.29, 1.82) is 5.41 Å². The number of aromatic nitrogens is 1. The number of rotatable bonds is 1. The molecular formula is C7H10N4S. The van der Waals surface area contributed by atoms with Crippen LogP contribution in [0.4, 0.5) is 5.82 Å². The van der Waals surface area contributed by atoms with Crippen LogP contribution in [0.5, 0.6) is 0 Å². The van der Waals surface area contributed by atoms with Crippen LogP contribution in [-0.4, -0.2) is 10.8 Å². The lowest BCUT2D eigenvalue weighted by Crippen LogP contribution is -2.14. The number of aromatic amines is 1. The molecule has 12 heavy (non-hydrogen) atoms. The summed E-state index contributed by atoms with van der Waals surface area (Å²) >= 11 is 4.94. The molecule has 1 rings (SSSR count). The molecule has 0 atom stereocenters. The molecular weight excluding hydrogens is 172 g/mol. The number of hydrogen-bond acceptors (Lipinski definition) is 3. The highest BCUT2D eigenvalue weighted by Gasteiger charge is 2.03. The van der Waals surface area contributed by atoms with Crippen LogP contribution >= 0.6 is 12.2 Å². The Labute approximate surface area is 75.1 Å². The molecule has 0 amide bonds. The lowest BCUT2D eigenvalue weighted by Gasteiger charge is -2.04. The van der Waals surface area contributed by atoms with Crippen LogP contribution in [0, 0.1) is 17.0 Å². The Kier molecular flexibility index (Phi) is 2.14. The van der Waals surface area contributed by atoms with Gasteiger partial charge in [0.1, 0.15) is 16.3 Å². The first-order chi connectivity index (χ1) is 5.52. The van der Waals surface area contributed by atoms with Crippen LogP contribution in [0.3, 0.4) is 0 Å². The molecule has 4 nitrogen and oxygen atoms in total.